The number of fused-ring (bicyclic) bond motifs is 3. The third kappa shape index (κ3) is 4.75. The Morgan fingerprint density at radius 3 is 1.20 bits per heavy atom. The Morgan fingerprint density at radius 1 is 0.333 bits per heavy atom. The number of rotatable bonds is 6. The fraction of sp³-hybridized carbons (Fsp3) is 0. The quantitative estimate of drug-likeness (QED) is 0.178. The Hall–Kier alpha value is -7.40. The van der Waals surface area contributed by atoms with Gasteiger partial charge in [-0.2, -0.15) is 0 Å². The number of pyridine rings is 1. The molecule has 0 aliphatic carbocycles. The third-order valence-corrected chi connectivity index (χ3v) is 8.76. The number of nitrogens with zero attached hydrogens (tertiary/aromatic N) is 11. The molecule has 4 aromatic carbocycles. The van der Waals surface area contributed by atoms with Crippen LogP contribution in [0.25, 0.3) is 85.0 Å². The molecule has 0 radical (unpaired) electrons. The van der Waals surface area contributed by atoms with Gasteiger partial charge < -0.3 is 0 Å². The summed E-state index contributed by atoms with van der Waals surface area (Å²) in [6.07, 6.45) is 8.49. The van der Waals surface area contributed by atoms with E-state index in [0.29, 0.717) is 34.2 Å². The van der Waals surface area contributed by atoms with Crippen LogP contribution in [0, 0.1) is 0 Å². The molecular weight excluding hydrogens is 635 g/mol. The van der Waals surface area contributed by atoms with E-state index in [1.54, 1.807) is 31.0 Å². The Balaban J connectivity index is 1.31. The maximum Gasteiger partial charge on any atom is 0.198 e. The molecule has 6 heterocycles. The standard InChI is InChI=1S/C40H25N11/c1-4-11-29(12-5-1)49-35(46-32-17-10-18-43-38(32)49)26-23-27(36-47-33-39(44-21-19-41-33)50(36)30-13-6-2-7-14-30)25-28(24-26)37-48-34-40(45-22-20-42-34)51(37)31-15-8-3-9-16-31/h1-25H. The smallest absolute Gasteiger partial charge is 0.198 e. The Bertz CT molecular complexity index is 2530. The fourth-order valence-corrected chi connectivity index (χ4v) is 6.59. The summed E-state index contributed by atoms with van der Waals surface area (Å²) in [4.78, 5) is 38.7. The van der Waals surface area contributed by atoms with Gasteiger partial charge in [-0.25, -0.2) is 39.9 Å². The summed E-state index contributed by atoms with van der Waals surface area (Å²) in [6, 6.07) is 40.5. The lowest BCUT2D eigenvalue weighted by Gasteiger charge is -2.14. The number of para-hydroxylation sites is 3. The topological polar surface area (TPSA) is 118 Å². The van der Waals surface area contributed by atoms with Gasteiger partial charge in [-0.3, -0.25) is 13.7 Å². The molecule has 0 spiro atoms. The highest BCUT2D eigenvalue weighted by atomic mass is 15.2. The number of imidazole rings is 3. The second-order valence-electron chi connectivity index (χ2n) is 11.9. The van der Waals surface area contributed by atoms with Crippen LogP contribution in [-0.4, -0.2) is 53.6 Å². The van der Waals surface area contributed by atoms with Gasteiger partial charge in [0.05, 0.1) is 0 Å². The fourth-order valence-electron chi connectivity index (χ4n) is 6.59. The molecular formula is C40H25N11. The molecule has 0 unspecified atom stereocenters. The number of hydrogen-bond acceptors (Lipinski definition) is 8. The van der Waals surface area contributed by atoms with Crippen molar-refractivity contribution in [3.8, 4) is 51.2 Å². The van der Waals surface area contributed by atoms with Crippen LogP contribution in [0.4, 0.5) is 0 Å². The van der Waals surface area contributed by atoms with Gasteiger partial charge in [0.1, 0.15) is 23.0 Å². The molecule has 0 saturated heterocycles. The summed E-state index contributed by atoms with van der Waals surface area (Å²) in [6.45, 7) is 0. The van der Waals surface area contributed by atoms with Gasteiger partial charge >= 0.3 is 0 Å². The lowest BCUT2D eigenvalue weighted by atomic mass is 10.0. The van der Waals surface area contributed by atoms with Crippen LogP contribution in [0.5, 0.6) is 0 Å². The Morgan fingerprint density at radius 2 is 0.725 bits per heavy atom. The first-order valence-corrected chi connectivity index (χ1v) is 16.3. The molecule has 0 saturated carbocycles. The maximum atomic E-state index is 5.17. The largest absolute Gasteiger partial charge is 0.277 e. The molecule has 0 bridgehead atoms. The van der Waals surface area contributed by atoms with E-state index in [2.05, 4.69) is 44.9 Å². The van der Waals surface area contributed by atoms with Gasteiger partial charge in [-0.05, 0) is 66.7 Å². The van der Waals surface area contributed by atoms with E-state index in [0.717, 1.165) is 50.7 Å². The van der Waals surface area contributed by atoms with Crippen molar-refractivity contribution in [1.29, 1.82) is 0 Å². The molecule has 10 rings (SSSR count). The van der Waals surface area contributed by atoms with Crippen LogP contribution in [-0.2, 0) is 0 Å². The van der Waals surface area contributed by atoms with Crippen molar-refractivity contribution in [3.05, 3.63) is 152 Å². The highest BCUT2D eigenvalue weighted by Crippen LogP contribution is 2.37. The monoisotopic (exact) mass is 659 g/mol. The van der Waals surface area contributed by atoms with Crippen molar-refractivity contribution in [2.24, 2.45) is 0 Å². The van der Waals surface area contributed by atoms with Gasteiger partial charge in [0, 0.05) is 64.7 Å². The van der Waals surface area contributed by atoms with E-state index in [1.807, 2.05) is 100 Å². The molecule has 240 valence electrons. The second kappa shape index (κ2) is 11.6. The van der Waals surface area contributed by atoms with E-state index >= 15 is 0 Å². The SMILES string of the molecule is c1ccc(-n2c(-c3cc(-c4nc5nccnc5n4-c4ccccc4)cc(-c4nc5nccnc5n4-c4ccccc4)c3)nc3cccnc32)cc1. The minimum absolute atomic E-state index is 0.536. The first-order chi connectivity index (χ1) is 25.3. The molecule has 6 aromatic heterocycles. The average Bonchev–Trinajstić information content (AvgIpc) is 3.91. The summed E-state index contributed by atoms with van der Waals surface area (Å²) in [7, 11) is 0. The van der Waals surface area contributed by atoms with Crippen molar-refractivity contribution in [2.45, 2.75) is 0 Å². The summed E-state index contributed by atoms with van der Waals surface area (Å²) < 4.78 is 6.16. The summed E-state index contributed by atoms with van der Waals surface area (Å²) in [5.74, 6) is 2.06. The molecule has 11 nitrogen and oxygen atoms in total. The Labute approximate surface area is 290 Å². The predicted octanol–water partition coefficient (Wildman–Crippen LogP) is 7.68. The molecule has 0 N–H and O–H groups in total. The molecule has 0 atom stereocenters. The number of benzene rings is 4. The van der Waals surface area contributed by atoms with Crippen LogP contribution >= 0.6 is 0 Å². The maximum absolute atomic E-state index is 5.17. The van der Waals surface area contributed by atoms with Gasteiger partial charge in [-0.15, -0.1) is 0 Å². The summed E-state index contributed by atoms with van der Waals surface area (Å²) in [5.41, 5.74) is 9.13. The van der Waals surface area contributed by atoms with Crippen LogP contribution < -0.4 is 0 Å². The van der Waals surface area contributed by atoms with Crippen LogP contribution in [0.1, 0.15) is 0 Å². The lowest BCUT2D eigenvalue weighted by molar-refractivity contribution is 1.06. The zero-order valence-corrected chi connectivity index (χ0v) is 26.9. The van der Waals surface area contributed by atoms with E-state index in [1.165, 1.54) is 0 Å². The molecule has 0 fully saturated rings. The molecule has 11 heteroatoms. The van der Waals surface area contributed by atoms with E-state index in [-0.39, 0.29) is 0 Å². The van der Waals surface area contributed by atoms with Gasteiger partial charge in [0.25, 0.3) is 0 Å². The predicted molar refractivity (Wildman–Crippen MR) is 196 cm³/mol. The van der Waals surface area contributed by atoms with Gasteiger partial charge in [0.2, 0.25) is 0 Å². The Kier molecular flexibility index (Phi) is 6.52. The lowest BCUT2D eigenvalue weighted by Crippen LogP contribution is -2.02. The third-order valence-electron chi connectivity index (χ3n) is 8.76. The zero-order valence-electron chi connectivity index (χ0n) is 26.9. The average molecular weight is 660 g/mol. The number of hydrogen-bond donors (Lipinski definition) is 0. The minimum atomic E-state index is 0.536. The second-order valence-corrected chi connectivity index (χ2v) is 11.9. The van der Waals surface area contributed by atoms with E-state index in [9.17, 15) is 0 Å². The highest BCUT2D eigenvalue weighted by Gasteiger charge is 2.23. The molecule has 51 heavy (non-hydrogen) atoms. The summed E-state index contributed by atoms with van der Waals surface area (Å²) >= 11 is 0. The zero-order chi connectivity index (χ0) is 33.7. The van der Waals surface area contributed by atoms with Crippen molar-refractivity contribution in [2.75, 3.05) is 0 Å². The van der Waals surface area contributed by atoms with Crippen LogP contribution in [0.15, 0.2) is 152 Å². The van der Waals surface area contributed by atoms with Crippen LogP contribution in [0.2, 0.25) is 0 Å². The first kappa shape index (κ1) is 28.6. The van der Waals surface area contributed by atoms with Crippen molar-refractivity contribution < 1.29 is 0 Å². The minimum Gasteiger partial charge on any atom is -0.277 e. The van der Waals surface area contributed by atoms with Gasteiger partial charge in [-0.1, -0.05) is 54.6 Å². The van der Waals surface area contributed by atoms with Crippen molar-refractivity contribution >= 4 is 33.8 Å². The van der Waals surface area contributed by atoms with E-state index in [4.69, 9.17) is 29.9 Å². The molecule has 10 aromatic rings. The number of aromatic nitrogens is 11. The van der Waals surface area contributed by atoms with Crippen molar-refractivity contribution in [1.82, 2.24) is 53.6 Å². The molecule has 0 amide bonds. The van der Waals surface area contributed by atoms with E-state index < -0.39 is 0 Å². The normalized spacial score (nSPS) is 11.5. The summed E-state index contributed by atoms with van der Waals surface area (Å²) in [5, 5.41) is 0. The van der Waals surface area contributed by atoms with Gasteiger partial charge in [0.15, 0.2) is 28.2 Å². The van der Waals surface area contributed by atoms with Crippen LogP contribution in [0.3, 0.4) is 0 Å². The first-order valence-electron chi connectivity index (χ1n) is 16.3. The molecule has 0 aliphatic heterocycles. The highest BCUT2D eigenvalue weighted by molar-refractivity contribution is 5.87. The molecule has 0 aliphatic rings. The van der Waals surface area contributed by atoms with Crippen molar-refractivity contribution in [3.63, 3.8) is 0 Å².